The summed E-state index contributed by atoms with van der Waals surface area (Å²) >= 11 is 0. The summed E-state index contributed by atoms with van der Waals surface area (Å²) in [5.74, 6) is -0.436. The zero-order valence-corrected chi connectivity index (χ0v) is 15.9. The van der Waals surface area contributed by atoms with Crippen LogP contribution in [-0.2, 0) is 37.4 Å². The van der Waals surface area contributed by atoms with Crippen LogP contribution < -0.4 is 5.14 Å². The van der Waals surface area contributed by atoms with E-state index in [2.05, 4.69) is 0 Å². The van der Waals surface area contributed by atoms with Gasteiger partial charge in [0.15, 0.2) is 0 Å². The number of ether oxygens (including phenoxy) is 1. The molecule has 2 aliphatic rings. The fourth-order valence-corrected chi connectivity index (χ4v) is 5.14. The molecule has 8 heteroatoms. The van der Waals surface area contributed by atoms with Crippen LogP contribution in [0.5, 0.6) is 0 Å². The Morgan fingerprint density at radius 2 is 1.93 bits per heavy atom. The molecule has 1 aliphatic heterocycles. The van der Waals surface area contributed by atoms with Gasteiger partial charge in [0.2, 0.25) is 10.0 Å². The standard InChI is InChI=1S/C19H24FNO5S/c20-12-14-9-13(5-6-17(14)27(21,24)25)7-8-19(15-3-1-2-4-15)11-16(22)10-18(23)26-19/h5-6,9,15H,1-4,7-8,10-12H2,(H2,21,24,25). The Morgan fingerprint density at radius 1 is 1.22 bits per heavy atom. The molecule has 1 aromatic carbocycles. The second-order valence-electron chi connectivity index (χ2n) is 7.53. The van der Waals surface area contributed by atoms with E-state index in [1.54, 1.807) is 6.07 Å². The number of sulfonamides is 1. The van der Waals surface area contributed by atoms with Crippen LogP contribution in [0, 0.1) is 5.92 Å². The van der Waals surface area contributed by atoms with Crippen LogP contribution in [-0.4, -0.2) is 25.8 Å². The molecule has 0 amide bonds. The van der Waals surface area contributed by atoms with Gasteiger partial charge < -0.3 is 4.74 Å². The first-order valence-corrected chi connectivity index (χ1v) is 10.7. The summed E-state index contributed by atoms with van der Waals surface area (Å²) in [4.78, 5) is 23.8. The fraction of sp³-hybridized carbons (Fsp3) is 0.579. The molecular formula is C19H24FNO5S. The Hall–Kier alpha value is -1.80. The highest BCUT2D eigenvalue weighted by molar-refractivity contribution is 7.89. The van der Waals surface area contributed by atoms with E-state index in [-0.39, 0.29) is 35.0 Å². The molecule has 1 saturated carbocycles. The summed E-state index contributed by atoms with van der Waals surface area (Å²) in [7, 11) is -3.99. The number of hydrogen-bond donors (Lipinski definition) is 1. The first-order valence-electron chi connectivity index (χ1n) is 9.17. The lowest BCUT2D eigenvalue weighted by Crippen LogP contribution is -2.48. The number of ketones is 1. The van der Waals surface area contributed by atoms with Gasteiger partial charge in [-0.1, -0.05) is 25.0 Å². The van der Waals surface area contributed by atoms with Crippen molar-refractivity contribution in [1.29, 1.82) is 0 Å². The van der Waals surface area contributed by atoms with E-state index in [1.165, 1.54) is 12.1 Å². The van der Waals surface area contributed by atoms with Crippen LogP contribution in [0.4, 0.5) is 4.39 Å². The number of alkyl halides is 1. The fourth-order valence-electron chi connectivity index (χ4n) is 4.41. The number of aryl methyl sites for hydroxylation is 1. The van der Waals surface area contributed by atoms with Crippen molar-refractivity contribution in [2.75, 3.05) is 0 Å². The van der Waals surface area contributed by atoms with Crippen molar-refractivity contribution in [3.63, 3.8) is 0 Å². The van der Waals surface area contributed by atoms with Crippen LogP contribution in [0.15, 0.2) is 23.1 Å². The summed E-state index contributed by atoms with van der Waals surface area (Å²) in [5.41, 5.74) is -0.0691. The van der Waals surface area contributed by atoms with Gasteiger partial charge in [0.05, 0.1) is 4.90 Å². The number of carbonyl (C=O) groups is 2. The molecule has 0 bridgehead atoms. The highest BCUT2D eigenvalue weighted by atomic mass is 32.2. The molecule has 3 rings (SSSR count). The lowest BCUT2D eigenvalue weighted by Gasteiger charge is -2.41. The molecule has 1 aliphatic carbocycles. The number of primary sulfonamides is 1. The van der Waals surface area contributed by atoms with E-state index < -0.39 is 28.3 Å². The molecular weight excluding hydrogens is 373 g/mol. The first kappa shape index (κ1) is 19.9. The molecule has 2 N–H and O–H groups in total. The Labute approximate surface area is 158 Å². The number of nitrogens with two attached hydrogens (primary N) is 1. The van der Waals surface area contributed by atoms with Crippen molar-refractivity contribution < 1.29 is 27.1 Å². The summed E-state index contributed by atoms with van der Waals surface area (Å²) in [6.07, 6.45) is 4.88. The third kappa shape index (κ3) is 4.38. The molecule has 148 valence electrons. The molecule has 0 spiro atoms. The quantitative estimate of drug-likeness (QED) is 0.587. The van der Waals surface area contributed by atoms with Gasteiger partial charge in [-0.3, -0.25) is 9.59 Å². The van der Waals surface area contributed by atoms with Crippen LogP contribution in [0.3, 0.4) is 0 Å². The molecule has 1 heterocycles. The van der Waals surface area contributed by atoms with Crippen LogP contribution in [0.2, 0.25) is 0 Å². The lowest BCUT2D eigenvalue weighted by atomic mass is 9.76. The van der Waals surface area contributed by atoms with Gasteiger partial charge in [0, 0.05) is 12.0 Å². The van der Waals surface area contributed by atoms with Gasteiger partial charge in [0.1, 0.15) is 24.5 Å². The van der Waals surface area contributed by atoms with E-state index >= 15 is 0 Å². The Morgan fingerprint density at radius 3 is 2.52 bits per heavy atom. The van der Waals surface area contributed by atoms with E-state index in [9.17, 15) is 22.4 Å². The van der Waals surface area contributed by atoms with Gasteiger partial charge >= 0.3 is 5.97 Å². The van der Waals surface area contributed by atoms with Crippen molar-refractivity contribution >= 4 is 21.8 Å². The van der Waals surface area contributed by atoms with Crippen molar-refractivity contribution in [2.24, 2.45) is 11.1 Å². The molecule has 0 radical (unpaired) electrons. The van der Waals surface area contributed by atoms with Gasteiger partial charge in [-0.05, 0) is 43.2 Å². The number of cyclic esters (lactones) is 1. The number of benzene rings is 1. The number of hydrogen-bond acceptors (Lipinski definition) is 5. The van der Waals surface area contributed by atoms with Crippen molar-refractivity contribution in [1.82, 2.24) is 0 Å². The maximum atomic E-state index is 13.3. The smallest absolute Gasteiger partial charge is 0.313 e. The number of halogens is 1. The third-order valence-corrected chi connectivity index (χ3v) is 6.68. The minimum Gasteiger partial charge on any atom is -0.458 e. The number of carbonyl (C=O) groups excluding carboxylic acids is 2. The van der Waals surface area contributed by atoms with Crippen LogP contribution in [0.25, 0.3) is 0 Å². The second kappa shape index (κ2) is 7.67. The van der Waals surface area contributed by atoms with Crippen molar-refractivity contribution in [2.45, 2.75) is 68.5 Å². The maximum absolute atomic E-state index is 13.3. The number of Topliss-reactive ketones (excluding diaryl/α,β-unsaturated/α-hetero) is 1. The van der Waals surface area contributed by atoms with E-state index in [0.717, 1.165) is 31.2 Å². The third-order valence-electron chi connectivity index (χ3n) is 5.67. The number of esters is 1. The topological polar surface area (TPSA) is 104 Å². The van der Waals surface area contributed by atoms with Gasteiger partial charge in [0.25, 0.3) is 0 Å². The van der Waals surface area contributed by atoms with Gasteiger partial charge in [-0.2, -0.15) is 0 Å². The average molecular weight is 397 g/mol. The first-order chi connectivity index (χ1) is 12.7. The molecule has 0 aromatic heterocycles. The average Bonchev–Trinajstić information content (AvgIpc) is 3.13. The zero-order valence-electron chi connectivity index (χ0n) is 15.1. The normalized spacial score (nSPS) is 24.2. The van der Waals surface area contributed by atoms with Gasteiger partial charge in [-0.15, -0.1) is 0 Å². The second-order valence-corrected chi connectivity index (χ2v) is 9.06. The minimum absolute atomic E-state index is 0.0154. The molecule has 27 heavy (non-hydrogen) atoms. The van der Waals surface area contributed by atoms with Gasteiger partial charge in [-0.25, -0.2) is 17.9 Å². The SMILES string of the molecule is NS(=O)(=O)c1ccc(CCC2(C3CCCC3)CC(=O)CC(=O)O2)cc1CF. The Kier molecular flexibility index (Phi) is 5.67. The highest BCUT2D eigenvalue weighted by Gasteiger charge is 2.47. The molecule has 2 fully saturated rings. The van der Waals surface area contributed by atoms with E-state index in [1.807, 2.05) is 0 Å². The molecule has 1 atom stereocenters. The van der Waals surface area contributed by atoms with Crippen molar-refractivity contribution in [3.8, 4) is 0 Å². The maximum Gasteiger partial charge on any atom is 0.313 e. The lowest BCUT2D eigenvalue weighted by molar-refractivity contribution is -0.178. The highest BCUT2D eigenvalue weighted by Crippen LogP contribution is 2.44. The van der Waals surface area contributed by atoms with Crippen molar-refractivity contribution in [3.05, 3.63) is 29.3 Å². The van der Waals surface area contributed by atoms with E-state index in [4.69, 9.17) is 9.88 Å². The summed E-state index contributed by atoms with van der Waals surface area (Å²) in [6.45, 7) is -0.944. The van der Waals surface area contributed by atoms with E-state index in [0.29, 0.717) is 12.8 Å². The summed E-state index contributed by atoms with van der Waals surface area (Å²) in [5, 5.41) is 5.12. The van der Waals surface area contributed by atoms with Crippen LogP contribution >= 0.6 is 0 Å². The Bertz CT molecular complexity index is 830. The van der Waals surface area contributed by atoms with Crippen LogP contribution in [0.1, 0.15) is 56.1 Å². The predicted octanol–water partition coefficient (Wildman–Crippen LogP) is 2.57. The summed E-state index contributed by atoms with van der Waals surface area (Å²) < 4.78 is 42.1. The minimum atomic E-state index is -3.99. The monoisotopic (exact) mass is 397 g/mol. The zero-order chi connectivity index (χ0) is 19.7. The Balaban J connectivity index is 1.83. The largest absolute Gasteiger partial charge is 0.458 e. The molecule has 1 unspecified atom stereocenters. The molecule has 6 nitrogen and oxygen atoms in total. The summed E-state index contributed by atoms with van der Waals surface area (Å²) in [6, 6.07) is 4.38. The molecule has 1 saturated heterocycles. The molecule has 1 aromatic rings. The predicted molar refractivity (Wildman–Crippen MR) is 96.0 cm³/mol. The number of rotatable bonds is 6.